The van der Waals surface area contributed by atoms with Crippen LogP contribution in [0.4, 0.5) is 11.5 Å². The number of hydrogen-bond donors (Lipinski definition) is 3. The second kappa shape index (κ2) is 8.77. The molecule has 0 aliphatic rings. The number of aromatic nitrogens is 1. The van der Waals surface area contributed by atoms with Crippen molar-refractivity contribution in [3.05, 3.63) is 48.2 Å². The van der Waals surface area contributed by atoms with E-state index in [1.54, 1.807) is 6.07 Å². The number of carbonyl (C=O) groups excluding carboxylic acids is 1. The number of pyridine rings is 1. The zero-order chi connectivity index (χ0) is 19.2. The summed E-state index contributed by atoms with van der Waals surface area (Å²) in [5, 5.41) is 6.04. The molecule has 8 heteroatoms. The van der Waals surface area contributed by atoms with Gasteiger partial charge in [0.15, 0.2) is 0 Å². The number of rotatable bonds is 8. The summed E-state index contributed by atoms with van der Waals surface area (Å²) in [6.45, 7) is 4.37. The number of hydrogen-bond acceptors (Lipinski definition) is 5. The largest absolute Gasteiger partial charge is 0.366 e. The van der Waals surface area contributed by atoms with E-state index in [0.717, 1.165) is 17.7 Å². The Kier molecular flexibility index (Phi) is 6.70. The molecule has 2 rings (SSSR count). The molecule has 1 atom stereocenters. The van der Waals surface area contributed by atoms with Gasteiger partial charge in [-0.1, -0.05) is 26.0 Å². The summed E-state index contributed by atoms with van der Waals surface area (Å²) < 4.78 is 25.6. The number of carbonyl (C=O) groups is 1. The molecule has 0 fully saturated rings. The van der Waals surface area contributed by atoms with Crippen LogP contribution in [-0.4, -0.2) is 26.4 Å². The van der Waals surface area contributed by atoms with Crippen molar-refractivity contribution in [2.75, 3.05) is 17.7 Å². The molecular formula is C18H24N4O3S. The van der Waals surface area contributed by atoms with Gasteiger partial charge in [0, 0.05) is 24.3 Å². The van der Waals surface area contributed by atoms with Crippen molar-refractivity contribution in [2.24, 2.45) is 5.92 Å². The van der Waals surface area contributed by atoms with Gasteiger partial charge in [-0.05, 0) is 43.3 Å². The predicted molar refractivity (Wildman–Crippen MR) is 102 cm³/mol. The Morgan fingerprint density at radius 2 is 2.00 bits per heavy atom. The van der Waals surface area contributed by atoms with Crippen LogP contribution in [0.15, 0.2) is 47.5 Å². The third kappa shape index (κ3) is 5.27. The number of nitrogens with zero attached hydrogens (tertiary/aromatic N) is 1. The van der Waals surface area contributed by atoms with Crippen molar-refractivity contribution in [1.82, 2.24) is 9.71 Å². The van der Waals surface area contributed by atoms with Crippen molar-refractivity contribution in [3.8, 4) is 0 Å². The molecule has 0 spiro atoms. The van der Waals surface area contributed by atoms with E-state index < -0.39 is 10.0 Å². The van der Waals surface area contributed by atoms with E-state index in [2.05, 4.69) is 20.3 Å². The molecular weight excluding hydrogens is 352 g/mol. The molecule has 1 aromatic heterocycles. The lowest BCUT2D eigenvalue weighted by molar-refractivity contribution is -0.119. The van der Waals surface area contributed by atoms with Crippen LogP contribution < -0.4 is 15.4 Å². The van der Waals surface area contributed by atoms with Gasteiger partial charge in [-0.2, -0.15) is 0 Å². The summed E-state index contributed by atoms with van der Waals surface area (Å²) in [6, 6.07) is 10.7. The SMILES string of the molecule is CCC(C)C(=O)Nc1cccc(CNc2ccc(S(=O)(=O)NC)cn2)c1. The highest BCUT2D eigenvalue weighted by Gasteiger charge is 2.12. The third-order valence-corrected chi connectivity index (χ3v) is 5.44. The van der Waals surface area contributed by atoms with Crippen LogP contribution in [0.3, 0.4) is 0 Å². The maximum Gasteiger partial charge on any atom is 0.241 e. The number of sulfonamides is 1. The molecule has 0 saturated carbocycles. The van der Waals surface area contributed by atoms with Crippen molar-refractivity contribution < 1.29 is 13.2 Å². The lowest BCUT2D eigenvalue weighted by atomic mass is 10.1. The third-order valence-electron chi connectivity index (χ3n) is 4.04. The van der Waals surface area contributed by atoms with Crippen molar-refractivity contribution >= 4 is 27.4 Å². The zero-order valence-corrected chi connectivity index (χ0v) is 15.9. The molecule has 3 N–H and O–H groups in total. The monoisotopic (exact) mass is 376 g/mol. The number of anilines is 2. The van der Waals surface area contributed by atoms with E-state index in [0.29, 0.717) is 12.4 Å². The average molecular weight is 376 g/mol. The maximum atomic E-state index is 12.0. The molecule has 0 bridgehead atoms. The fourth-order valence-corrected chi connectivity index (χ4v) is 2.84. The summed E-state index contributed by atoms with van der Waals surface area (Å²) in [6.07, 6.45) is 2.09. The van der Waals surface area contributed by atoms with Gasteiger partial charge in [0.25, 0.3) is 0 Å². The van der Waals surface area contributed by atoms with E-state index in [-0.39, 0.29) is 16.7 Å². The molecule has 2 aromatic rings. The molecule has 140 valence electrons. The van der Waals surface area contributed by atoms with Crippen molar-refractivity contribution in [1.29, 1.82) is 0 Å². The first kappa shape index (κ1) is 19.9. The first-order chi connectivity index (χ1) is 12.4. The fourth-order valence-electron chi connectivity index (χ4n) is 2.16. The molecule has 0 aliphatic carbocycles. The number of benzene rings is 1. The molecule has 1 heterocycles. The van der Waals surface area contributed by atoms with Crippen LogP contribution in [-0.2, 0) is 21.4 Å². The Hall–Kier alpha value is -2.45. The van der Waals surface area contributed by atoms with Gasteiger partial charge in [-0.15, -0.1) is 0 Å². The molecule has 0 radical (unpaired) electrons. The van der Waals surface area contributed by atoms with E-state index in [1.807, 2.05) is 38.1 Å². The molecule has 1 unspecified atom stereocenters. The van der Waals surface area contributed by atoms with Gasteiger partial charge < -0.3 is 10.6 Å². The van der Waals surface area contributed by atoms with Gasteiger partial charge in [-0.3, -0.25) is 4.79 Å². The number of nitrogens with one attached hydrogen (secondary N) is 3. The quantitative estimate of drug-likeness (QED) is 0.657. The van der Waals surface area contributed by atoms with Crippen LogP contribution in [0, 0.1) is 5.92 Å². The maximum absolute atomic E-state index is 12.0. The first-order valence-corrected chi connectivity index (χ1v) is 9.87. The Bertz CT molecular complexity index is 851. The minimum absolute atomic E-state index is 0.000563. The summed E-state index contributed by atoms with van der Waals surface area (Å²) in [5.74, 6) is 0.531. The van der Waals surface area contributed by atoms with E-state index >= 15 is 0 Å². The van der Waals surface area contributed by atoms with E-state index in [1.165, 1.54) is 19.3 Å². The van der Waals surface area contributed by atoms with Crippen LogP contribution in [0.5, 0.6) is 0 Å². The zero-order valence-electron chi connectivity index (χ0n) is 15.1. The Morgan fingerprint density at radius 1 is 1.23 bits per heavy atom. The Balaban J connectivity index is 1.99. The first-order valence-electron chi connectivity index (χ1n) is 8.39. The summed E-state index contributed by atoms with van der Waals surface area (Å²) in [7, 11) is -2.13. The highest BCUT2D eigenvalue weighted by atomic mass is 32.2. The normalized spacial score (nSPS) is 12.4. The lowest BCUT2D eigenvalue weighted by Gasteiger charge is -2.12. The van der Waals surface area contributed by atoms with Gasteiger partial charge in [0.2, 0.25) is 15.9 Å². The van der Waals surface area contributed by atoms with Crippen molar-refractivity contribution in [3.63, 3.8) is 0 Å². The second-order valence-electron chi connectivity index (χ2n) is 5.94. The van der Waals surface area contributed by atoms with E-state index in [4.69, 9.17) is 0 Å². The highest BCUT2D eigenvalue weighted by Crippen LogP contribution is 2.15. The summed E-state index contributed by atoms with van der Waals surface area (Å²) >= 11 is 0. The van der Waals surface area contributed by atoms with Gasteiger partial charge in [0.1, 0.15) is 10.7 Å². The Labute approximate surface area is 154 Å². The van der Waals surface area contributed by atoms with Crippen LogP contribution >= 0.6 is 0 Å². The highest BCUT2D eigenvalue weighted by molar-refractivity contribution is 7.89. The van der Waals surface area contributed by atoms with Crippen LogP contribution in [0.1, 0.15) is 25.8 Å². The van der Waals surface area contributed by atoms with Crippen LogP contribution in [0.25, 0.3) is 0 Å². The minimum atomic E-state index is -3.49. The molecule has 1 amide bonds. The molecule has 1 aromatic carbocycles. The van der Waals surface area contributed by atoms with Gasteiger partial charge >= 0.3 is 0 Å². The number of amides is 1. The minimum Gasteiger partial charge on any atom is -0.366 e. The Morgan fingerprint density at radius 3 is 2.62 bits per heavy atom. The van der Waals surface area contributed by atoms with Gasteiger partial charge in [-0.25, -0.2) is 18.1 Å². The second-order valence-corrected chi connectivity index (χ2v) is 7.83. The predicted octanol–water partition coefficient (Wildman–Crippen LogP) is 2.59. The van der Waals surface area contributed by atoms with E-state index in [9.17, 15) is 13.2 Å². The summed E-state index contributed by atoms with van der Waals surface area (Å²) in [4.78, 5) is 16.2. The van der Waals surface area contributed by atoms with Crippen LogP contribution in [0.2, 0.25) is 0 Å². The fraction of sp³-hybridized carbons (Fsp3) is 0.333. The standard InChI is InChI=1S/C18H24N4O3S/c1-4-13(2)18(23)22-15-7-5-6-14(10-15)11-20-17-9-8-16(12-21-17)26(24,25)19-3/h5-10,12-13,19H,4,11H2,1-3H3,(H,20,21)(H,22,23). The summed E-state index contributed by atoms with van der Waals surface area (Å²) in [5.41, 5.74) is 1.72. The molecule has 0 saturated heterocycles. The smallest absolute Gasteiger partial charge is 0.241 e. The molecule has 0 aliphatic heterocycles. The van der Waals surface area contributed by atoms with Gasteiger partial charge in [0.05, 0.1) is 0 Å². The topological polar surface area (TPSA) is 100 Å². The molecule has 26 heavy (non-hydrogen) atoms. The molecule has 7 nitrogen and oxygen atoms in total. The van der Waals surface area contributed by atoms with Crippen molar-refractivity contribution in [2.45, 2.75) is 31.7 Å². The lowest BCUT2D eigenvalue weighted by Crippen LogP contribution is -2.19. The average Bonchev–Trinajstić information content (AvgIpc) is 2.66.